The van der Waals surface area contributed by atoms with Gasteiger partial charge in [-0.25, -0.2) is 4.79 Å². The number of carbonyl (C=O) groups is 2. The molecule has 1 amide bonds. The van der Waals surface area contributed by atoms with Crippen molar-refractivity contribution in [1.29, 1.82) is 0 Å². The van der Waals surface area contributed by atoms with Gasteiger partial charge in [0, 0.05) is 23.5 Å². The Bertz CT molecular complexity index is 865. The number of amides is 1. The lowest BCUT2D eigenvalue weighted by molar-refractivity contribution is -0.142. The van der Waals surface area contributed by atoms with Gasteiger partial charge in [-0.15, -0.1) is 0 Å². The van der Waals surface area contributed by atoms with Crippen LogP contribution in [-0.2, 0) is 33.7 Å². The van der Waals surface area contributed by atoms with Crippen LogP contribution in [-0.4, -0.2) is 40.4 Å². The second-order valence-electron chi connectivity index (χ2n) is 7.85. The van der Waals surface area contributed by atoms with Crippen molar-refractivity contribution in [3.8, 4) is 0 Å². The van der Waals surface area contributed by atoms with Crippen molar-refractivity contribution in [2.45, 2.75) is 65.6 Å². The molecule has 1 aromatic carbocycles. The summed E-state index contributed by atoms with van der Waals surface area (Å²) in [7, 11) is 0. The van der Waals surface area contributed by atoms with Gasteiger partial charge in [0.25, 0.3) is 0 Å². The zero-order chi connectivity index (χ0) is 19.8. The third-order valence-electron chi connectivity index (χ3n) is 4.53. The van der Waals surface area contributed by atoms with Gasteiger partial charge in [0.15, 0.2) is 5.58 Å². The average Bonchev–Trinajstić information content (AvgIpc) is 2.96. The fourth-order valence-corrected chi connectivity index (χ4v) is 3.31. The van der Waals surface area contributed by atoms with E-state index in [1.807, 2.05) is 39.8 Å². The third-order valence-corrected chi connectivity index (χ3v) is 4.53. The van der Waals surface area contributed by atoms with Crippen LogP contribution in [0, 0.1) is 0 Å². The van der Waals surface area contributed by atoms with Crippen LogP contribution in [0.5, 0.6) is 0 Å². The number of hydrogen-bond donors (Lipinski definition) is 0. The molecule has 7 nitrogen and oxygen atoms in total. The maximum absolute atomic E-state index is 12.5. The molecule has 2 heterocycles. The lowest BCUT2D eigenvalue weighted by Gasteiger charge is -2.35. The number of hydrogen-bond acceptors (Lipinski definition) is 6. The van der Waals surface area contributed by atoms with Crippen LogP contribution >= 0.6 is 0 Å². The number of ether oxygens (including phenoxy) is 2. The summed E-state index contributed by atoms with van der Waals surface area (Å²) in [6.07, 6.45) is 0.403. The fourth-order valence-electron chi connectivity index (χ4n) is 3.31. The Hall–Kier alpha value is -2.57. The van der Waals surface area contributed by atoms with Gasteiger partial charge < -0.3 is 18.9 Å². The number of fused-ring (bicyclic) bond motifs is 3. The maximum Gasteiger partial charge on any atom is 0.410 e. The predicted octanol–water partition coefficient (Wildman–Crippen LogP) is 3.62. The second kappa shape index (κ2) is 7.21. The van der Waals surface area contributed by atoms with E-state index in [1.54, 1.807) is 11.8 Å². The molecule has 1 aromatic heterocycles. The number of nitrogens with zero attached hydrogens (tertiary/aromatic N) is 2. The first-order valence-electron chi connectivity index (χ1n) is 9.24. The minimum atomic E-state index is -0.534. The lowest BCUT2D eigenvalue weighted by atomic mass is 9.93. The first-order valence-corrected chi connectivity index (χ1v) is 9.24. The molecule has 0 unspecified atom stereocenters. The van der Waals surface area contributed by atoms with Gasteiger partial charge in [0.1, 0.15) is 11.3 Å². The van der Waals surface area contributed by atoms with E-state index in [2.05, 4.69) is 5.16 Å². The number of benzene rings is 1. The summed E-state index contributed by atoms with van der Waals surface area (Å²) < 4.78 is 16.1. The molecule has 0 bridgehead atoms. The molecule has 0 N–H and O–H groups in total. The van der Waals surface area contributed by atoms with E-state index in [9.17, 15) is 9.59 Å². The van der Waals surface area contributed by atoms with Crippen molar-refractivity contribution in [1.82, 2.24) is 10.1 Å². The SMILES string of the molecule is CCOC(=O)Cc1noc2c3c(ccc12)CN(C(=O)OC(C)(C)C)[C@H](C)C3. The van der Waals surface area contributed by atoms with Crippen LogP contribution in [0.4, 0.5) is 4.79 Å². The summed E-state index contributed by atoms with van der Waals surface area (Å²) in [5.74, 6) is -0.324. The zero-order valence-corrected chi connectivity index (χ0v) is 16.5. The van der Waals surface area contributed by atoms with Gasteiger partial charge in [0.2, 0.25) is 0 Å². The largest absolute Gasteiger partial charge is 0.466 e. The first kappa shape index (κ1) is 19.2. The Labute approximate surface area is 158 Å². The van der Waals surface area contributed by atoms with Gasteiger partial charge >= 0.3 is 12.1 Å². The zero-order valence-electron chi connectivity index (χ0n) is 16.5. The molecule has 7 heteroatoms. The van der Waals surface area contributed by atoms with E-state index in [-0.39, 0.29) is 24.5 Å². The Morgan fingerprint density at radius 1 is 1.33 bits per heavy atom. The van der Waals surface area contributed by atoms with Crippen LogP contribution in [0.15, 0.2) is 16.7 Å². The molecule has 0 radical (unpaired) electrons. The molecule has 1 aliphatic rings. The summed E-state index contributed by atoms with van der Waals surface area (Å²) in [4.78, 5) is 26.0. The number of esters is 1. The number of aromatic nitrogens is 1. The molecule has 0 fully saturated rings. The van der Waals surface area contributed by atoms with Crippen LogP contribution in [0.2, 0.25) is 0 Å². The molecule has 2 aromatic rings. The van der Waals surface area contributed by atoms with Crippen molar-refractivity contribution in [3.63, 3.8) is 0 Å². The maximum atomic E-state index is 12.5. The van der Waals surface area contributed by atoms with Gasteiger partial charge in [0.05, 0.1) is 13.0 Å². The molecule has 146 valence electrons. The Morgan fingerprint density at radius 2 is 2.07 bits per heavy atom. The highest BCUT2D eigenvalue weighted by Gasteiger charge is 2.32. The van der Waals surface area contributed by atoms with Crippen molar-refractivity contribution < 1.29 is 23.6 Å². The molecule has 1 atom stereocenters. The molecular weight excluding hydrogens is 348 g/mol. The summed E-state index contributed by atoms with van der Waals surface area (Å²) in [6, 6.07) is 3.83. The minimum Gasteiger partial charge on any atom is -0.466 e. The molecule has 3 rings (SSSR count). The molecule has 1 aliphatic heterocycles. The van der Waals surface area contributed by atoms with Crippen molar-refractivity contribution in [2.75, 3.05) is 6.61 Å². The van der Waals surface area contributed by atoms with Gasteiger partial charge in [-0.3, -0.25) is 4.79 Å². The van der Waals surface area contributed by atoms with Gasteiger partial charge in [-0.1, -0.05) is 11.2 Å². The molecule has 0 aliphatic carbocycles. The van der Waals surface area contributed by atoms with Crippen LogP contribution in [0.1, 0.15) is 51.4 Å². The highest BCUT2D eigenvalue weighted by atomic mass is 16.6. The Balaban J connectivity index is 1.87. The number of rotatable bonds is 3. The highest BCUT2D eigenvalue weighted by molar-refractivity contribution is 5.87. The van der Waals surface area contributed by atoms with E-state index < -0.39 is 5.60 Å². The normalized spacial score (nSPS) is 16.9. The van der Waals surface area contributed by atoms with E-state index in [0.29, 0.717) is 30.8 Å². The Kier molecular flexibility index (Phi) is 5.13. The molecule has 0 saturated heterocycles. The monoisotopic (exact) mass is 374 g/mol. The quantitative estimate of drug-likeness (QED) is 0.763. The summed E-state index contributed by atoms with van der Waals surface area (Å²) in [5.41, 5.74) is 2.76. The van der Waals surface area contributed by atoms with Crippen LogP contribution < -0.4 is 0 Å². The Morgan fingerprint density at radius 3 is 2.74 bits per heavy atom. The van der Waals surface area contributed by atoms with E-state index >= 15 is 0 Å². The molecule has 0 saturated carbocycles. The van der Waals surface area contributed by atoms with Crippen LogP contribution in [0.25, 0.3) is 11.0 Å². The van der Waals surface area contributed by atoms with Crippen LogP contribution in [0.3, 0.4) is 0 Å². The van der Waals surface area contributed by atoms with E-state index in [4.69, 9.17) is 14.0 Å². The molecule has 27 heavy (non-hydrogen) atoms. The first-order chi connectivity index (χ1) is 12.7. The third kappa shape index (κ3) is 4.07. The summed E-state index contributed by atoms with van der Waals surface area (Å²) >= 11 is 0. The lowest BCUT2D eigenvalue weighted by Crippen LogP contribution is -2.45. The summed E-state index contributed by atoms with van der Waals surface area (Å²) in [6.45, 7) is 10.1. The smallest absolute Gasteiger partial charge is 0.410 e. The van der Waals surface area contributed by atoms with Gasteiger partial charge in [-0.2, -0.15) is 0 Å². The topological polar surface area (TPSA) is 81.9 Å². The van der Waals surface area contributed by atoms with E-state index in [0.717, 1.165) is 16.5 Å². The van der Waals surface area contributed by atoms with Gasteiger partial charge in [-0.05, 0) is 52.7 Å². The predicted molar refractivity (Wildman–Crippen MR) is 99.3 cm³/mol. The minimum absolute atomic E-state index is 0.0310. The number of carbonyl (C=O) groups excluding carboxylic acids is 2. The summed E-state index contributed by atoms with van der Waals surface area (Å²) in [5, 5.41) is 4.89. The standard InChI is InChI=1S/C20H26N2O5/c1-6-25-17(23)10-16-14-8-7-13-11-22(19(24)26-20(3,4)5)12(2)9-15(13)18(14)27-21-16/h7-8,12H,6,9-11H2,1-5H3/t12-/m1/s1. The van der Waals surface area contributed by atoms with Crippen molar-refractivity contribution in [2.24, 2.45) is 0 Å². The highest BCUT2D eigenvalue weighted by Crippen LogP contribution is 2.32. The molecular formula is C20H26N2O5. The fraction of sp³-hybridized carbons (Fsp3) is 0.550. The van der Waals surface area contributed by atoms with E-state index in [1.165, 1.54) is 0 Å². The van der Waals surface area contributed by atoms with Crippen molar-refractivity contribution in [3.05, 3.63) is 29.0 Å². The second-order valence-corrected chi connectivity index (χ2v) is 7.85. The van der Waals surface area contributed by atoms with Crippen molar-refractivity contribution >= 4 is 23.0 Å². The average molecular weight is 374 g/mol. The molecule has 0 spiro atoms.